The predicted molar refractivity (Wildman–Crippen MR) is 182 cm³/mol. The molecule has 0 saturated heterocycles. The fraction of sp³-hybridized carbons (Fsp3) is 0.314. The van der Waals surface area contributed by atoms with E-state index in [0.717, 1.165) is 72.7 Å². The first-order chi connectivity index (χ1) is 21.7. The number of hydrogen-bond donors (Lipinski definition) is 3. The first-order valence-corrected chi connectivity index (χ1v) is 16.2. The van der Waals surface area contributed by atoms with E-state index in [1.165, 1.54) is 16.7 Å². The first kappa shape index (κ1) is 32.9. The lowest BCUT2D eigenvalue weighted by Gasteiger charge is -2.33. The van der Waals surface area contributed by atoms with Gasteiger partial charge in [-0.05, 0) is 108 Å². The fourth-order valence-corrected chi connectivity index (χ4v) is 7.04. The van der Waals surface area contributed by atoms with Crippen LogP contribution in [0.25, 0.3) is 0 Å². The largest absolute Gasteiger partial charge is 0.508 e. The molecule has 2 aliphatic heterocycles. The van der Waals surface area contributed by atoms with E-state index in [0.29, 0.717) is 0 Å². The number of fused-ring (bicyclic) bond motifs is 2. The molecule has 45 heavy (non-hydrogen) atoms. The van der Waals surface area contributed by atoms with E-state index in [4.69, 9.17) is 14.2 Å². The van der Waals surface area contributed by atoms with E-state index in [-0.39, 0.29) is 29.3 Å². The van der Waals surface area contributed by atoms with Gasteiger partial charge in [0.2, 0.25) is 0 Å². The number of phenols is 3. The molecular weight excluding hydrogens is 704 g/mol. The quantitative estimate of drug-likeness (QED) is 0.133. The van der Waals surface area contributed by atoms with Crippen molar-refractivity contribution < 1.29 is 29.5 Å². The van der Waals surface area contributed by atoms with E-state index >= 15 is 0 Å². The summed E-state index contributed by atoms with van der Waals surface area (Å²) in [6, 6.07) is 23.2. The van der Waals surface area contributed by atoms with Crippen LogP contribution in [0.3, 0.4) is 0 Å². The van der Waals surface area contributed by atoms with Crippen molar-refractivity contribution in [3.63, 3.8) is 0 Å². The van der Waals surface area contributed by atoms with Crippen molar-refractivity contribution in [2.45, 2.75) is 37.8 Å². The summed E-state index contributed by atoms with van der Waals surface area (Å²) < 4.78 is 20.5. The maximum Gasteiger partial charge on any atom is 0.161 e. The highest BCUT2D eigenvalue weighted by atomic mass is 79.9. The molecule has 0 bridgehead atoms. The van der Waals surface area contributed by atoms with Crippen LogP contribution in [0.2, 0.25) is 0 Å². The zero-order chi connectivity index (χ0) is 32.1. The Balaban J connectivity index is 0.000000179. The van der Waals surface area contributed by atoms with Gasteiger partial charge in [-0.2, -0.15) is 0 Å². The highest BCUT2D eigenvalue weighted by Crippen LogP contribution is 2.41. The molecular formula is C35H38Br2N2O6. The Hall–Kier alpha value is -3.44. The van der Waals surface area contributed by atoms with Gasteiger partial charge < -0.3 is 29.5 Å². The van der Waals surface area contributed by atoms with Gasteiger partial charge in [0.1, 0.15) is 11.5 Å². The van der Waals surface area contributed by atoms with Crippen molar-refractivity contribution in [1.29, 1.82) is 0 Å². The molecule has 4 aromatic carbocycles. The summed E-state index contributed by atoms with van der Waals surface area (Å²) in [5.74, 6) is 2.54. The molecule has 238 valence electrons. The van der Waals surface area contributed by atoms with Gasteiger partial charge in [-0.1, -0.05) is 24.3 Å². The number of aromatic hydroxyl groups is 3. The summed E-state index contributed by atoms with van der Waals surface area (Å²) in [6.45, 7) is 1.79. The molecule has 4 aromatic rings. The van der Waals surface area contributed by atoms with Gasteiger partial charge in [-0.25, -0.2) is 7.85 Å². The number of hydrogen-bond acceptors (Lipinski definition) is 8. The van der Waals surface area contributed by atoms with Gasteiger partial charge in [0.05, 0.1) is 21.3 Å². The van der Waals surface area contributed by atoms with Crippen LogP contribution in [-0.2, 0) is 25.7 Å². The second kappa shape index (κ2) is 14.8. The van der Waals surface area contributed by atoms with Crippen molar-refractivity contribution in [1.82, 2.24) is 7.85 Å². The number of benzene rings is 4. The van der Waals surface area contributed by atoms with Crippen molar-refractivity contribution in [2.24, 2.45) is 0 Å². The van der Waals surface area contributed by atoms with Gasteiger partial charge in [0, 0.05) is 57.5 Å². The first-order valence-electron chi connectivity index (χ1n) is 14.8. The van der Waals surface area contributed by atoms with Gasteiger partial charge >= 0.3 is 0 Å². The average Bonchev–Trinajstić information content (AvgIpc) is 3.05. The highest BCUT2D eigenvalue weighted by Gasteiger charge is 2.29. The van der Waals surface area contributed by atoms with Crippen LogP contribution in [0, 0.1) is 0 Å². The molecule has 2 aliphatic rings. The summed E-state index contributed by atoms with van der Waals surface area (Å²) in [4.78, 5) is 0. The normalized spacial score (nSPS) is 17.8. The molecule has 0 fully saturated rings. The van der Waals surface area contributed by atoms with Gasteiger partial charge in [-0.3, -0.25) is 0 Å². The number of nitrogens with zero attached hydrogens (tertiary/aromatic N) is 2. The minimum absolute atomic E-state index is 0.0693. The van der Waals surface area contributed by atoms with Crippen molar-refractivity contribution in [3.05, 3.63) is 106 Å². The molecule has 10 heteroatoms. The molecule has 0 unspecified atom stereocenters. The summed E-state index contributed by atoms with van der Waals surface area (Å²) in [7, 11) is 5.04. The molecule has 0 aliphatic carbocycles. The molecule has 8 nitrogen and oxygen atoms in total. The van der Waals surface area contributed by atoms with E-state index in [2.05, 4.69) is 64.4 Å². The average molecular weight is 743 g/mol. The molecule has 3 N–H and O–H groups in total. The second-order valence-electron chi connectivity index (χ2n) is 11.1. The van der Waals surface area contributed by atoms with Gasteiger partial charge in [0.15, 0.2) is 23.0 Å². The molecule has 0 spiro atoms. The summed E-state index contributed by atoms with van der Waals surface area (Å²) in [5, 5.41) is 28.8. The third kappa shape index (κ3) is 7.69. The molecule has 0 amide bonds. The number of methoxy groups -OCH3 is 3. The van der Waals surface area contributed by atoms with Gasteiger partial charge in [0.25, 0.3) is 0 Å². The highest BCUT2D eigenvalue weighted by molar-refractivity contribution is 9.07. The Kier molecular flexibility index (Phi) is 10.8. The fourth-order valence-electron chi connectivity index (χ4n) is 5.95. The Morgan fingerprint density at radius 3 is 1.62 bits per heavy atom. The second-order valence-corrected chi connectivity index (χ2v) is 13.0. The van der Waals surface area contributed by atoms with Crippen LogP contribution in [0.4, 0.5) is 0 Å². The Labute approximate surface area is 281 Å². The van der Waals surface area contributed by atoms with Crippen LogP contribution >= 0.6 is 32.3 Å². The molecule has 0 saturated carbocycles. The molecule has 0 aromatic heterocycles. The maximum absolute atomic E-state index is 9.76. The SMILES string of the molecule is COc1ccc(C[C@@H]2c3cc(OC)c(OC)cc3CCN2Br)cc1.Oc1ccc(C[C@@H]2c3cc(O)c(O)cc3CCN2Br)cc1. The zero-order valence-electron chi connectivity index (χ0n) is 25.5. The predicted octanol–water partition coefficient (Wildman–Crippen LogP) is 7.42. The van der Waals surface area contributed by atoms with E-state index < -0.39 is 0 Å². The summed E-state index contributed by atoms with van der Waals surface area (Å²) in [5.41, 5.74) is 7.05. The summed E-state index contributed by atoms with van der Waals surface area (Å²) >= 11 is 7.31. The summed E-state index contributed by atoms with van der Waals surface area (Å²) in [6.07, 6.45) is 3.47. The molecule has 2 atom stereocenters. The Bertz CT molecular complexity index is 1600. The minimum atomic E-state index is -0.0905. The Morgan fingerprint density at radius 2 is 1.09 bits per heavy atom. The topological polar surface area (TPSA) is 94.9 Å². The molecule has 0 radical (unpaired) electrons. The molecule has 6 rings (SSSR count). The number of ether oxygens (including phenoxy) is 3. The van der Waals surface area contributed by atoms with Crippen LogP contribution < -0.4 is 14.2 Å². The van der Waals surface area contributed by atoms with Crippen molar-refractivity contribution >= 4 is 32.3 Å². The maximum atomic E-state index is 9.76. The van der Waals surface area contributed by atoms with E-state index in [1.807, 2.05) is 24.3 Å². The third-order valence-corrected chi connectivity index (χ3v) is 10.1. The smallest absolute Gasteiger partial charge is 0.161 e. The number of phenolic OH excluding ortho intramolecular Hbond substituents is 3. The molecule has 2 heterocycles. The van der Waals surface area contributed by atoms with Gasteiger partial charge in [-0.15, -0.1) is 0 Å². The van der Waals surface area contributed by atoms with E-state index in [9.17, 15) is 15.3 Å². The monoisotopic (exact) mass is 740 g/mol. The lowest BCUT2D eigenvalue weighted by atomic mass is 9.90. The lowest BCUT2D eigenvalue weighted by Crippen LogP contribution is -2.29. The van der Waals surface area contributed by atoms with E-state index in [1.54, 1.807) is 45.6 Å². The zero-order valence-corrected chi connectivity index (χ0v) is 28.7. The van der Waals surface area contributed by atoms with Crippen LogP contribution in [0.5, 0.6) is 34.5 Å². The van der Waals surface area contributed by atoms with Crippen LogP contribution in [0.1, 0.15) is 45.5 Å². The van der Waals surface area contributed by atoms with Crippen molar-refractivity contribution in [3.8, 4) is 34.5 Å². The van der Waals surface area contributed by atoms with Crippen molar-refractivity contribution in [2.75, 3.05) is 34.4 Å². The Morgan fingerprint density at radius 1 is 0.622 bits per heavy atom. The lowest BCUT2D eigenvalue weighted by molar-refractivity contribution is 0.334. The minimum Gasteiger partial charge on any atom is -0.508 e. The standard InChI is InChI=1S/C19H22BrNO3.C16H16BrNO3/c1-22-15-6-4-13(5-7-15)10-17-16-12-19(24-3)18(23-2)11-14(16)8-9-21(17)20;17-18-6-5-11-8-15(20)16(21)9-13(11)14(18)7-10-1-3-12(19)4-2-10/h4-7,11-12,17H,8-10H2,1-3H3;1-4,8-9,14,19-21H,5-7H2/t17-;14-/m11/s1. The number of halogens is 2. The third-order valence-electron chi connectivity index (χ3n) is 8.42. The van der Waals surface area contributed by atoms with Crippen LogP contribution in [0.15, 0.2) is 72.8 Å². The number of rotatable bonds is 7. The van der Waals surface area contributed by atoms with Crippen LogP contribution in [-0.4, -0.2) is 57.6 Å².